The third-order valence-corrected chi connectivity index (χ3v) is 4.00. The normalized spacial score (nSPS) is 11.5. The number of aryl methyl sites for hydroxylation is 1. The fraction of sp³-hybridized carbons (Fsp3) is 0.300. The molecule has 0 aliphatic carbocycles. The molecule has 0 aliphatic rings. The van der Waals surface area contributed by atoms with E-state index in [1.807, 2.05) is 42.5 Å². The van der Waals surface area contributed by atoms with Crippen molar-refractivity contribution in [3.05, 3.63) is 65.7 Å². The highest BCUT2D eigenvalue weighted by atomic mass is 16.5. The Morgan fingerprint density at radius 3 is 2.38 bits per heavy atom. The molecule has 0 bridgehead atoms. The van der Waals surface area contributed by atoms with Crippen LogP contribution < -0.4 is 5.32 Å². The lowest BCUT2D eigenvalue weighted by molar-refractivity contribution is -0.116. The van der Waals surface area contributed by atoms with Crippen LogP contribution in [0.15, 0.2) is 54.6 Å². The van der Waals surface area contributed by atoms with Gasteiger partial charge >= 0.3 is 6.09 Å². The van der Waals surface area contributed by atoms with Crippen molar-refractivity contribution < 1.29 is 19.4 Å². The zero-order valence-electron chi connectivity index (χ0n) is 15.0. The van der Waals surface area contributed by atoms with Gasteiger partial charge in [-0.2, -0.15) is 0 Å². The van der Waals surface area contributed by atoms with Gasteiger partial charge in [-0.05, 0) is 36.1 Å². The summed E-state index contributed by atoms with van der Waals surface area (Å²) in [6, 6.07) is 17.0. The minimum Gasteiger partial charge on any atom is -0.453 e. The first-order valence-corrected chi connectivity index (χ1v) is 8.40. The smallest absolute Gasteiger partial charge is 0.409 e. The first-order valence-electron chi connectivity index (χ1n) is 8.40. The number of anilines is 1. The fourth-order valence-electron chi connectivity index (χ4n) is 2.54. The Bertz CT molecular complexity index is 716. The molecule has 0 aromatic heterocycles. The summed E-state index contributed by atoms with van der Waals surface area (Å²) < 4.78 is 4.54. The first-order chi connectivity index (χ1) is 12.5. The van der Waals surface area contributed by atoms with Crippen molar-refractivity contribution in [3.8, 4) is 0 Å². The quantitative estimate of drug-likeness (QED) is 0.799. The molecule has 2 aromatic carbocycles. The van der Waals surface area contributed by atoms with Crippen molar-refractivity contribution in [2.75, 3.05) is 26.0 Å². The molecule has 0 aliphatic heterocycles. The van der Waals surface area contributed by atoms with Crippen LogP contribution in [-0.2, 0) is 16.0 Å². The maximum absolute atomic E-state index is 11.9. The van der Waals surface area contributed by atoms with Gasteiger partial charge in [0.15, 0.2) is 0 Å². The Hall–Kier alpha value is -2.86. The average Bonchev–Trinajstić information content (AvgIpc) is 2.67. The molecule has 2 aromatic rings. The molecule has 26 heavy (non-hydrogen) atoms. The molecule has 138 valence electrons. The minimum absolute atomic E-state index is 0.0856. The highest BCUT2D eigenvalue weighted by molar-refractivity contribution is 5.93. The van der Waals surface area contributed by atoms with Gasteiger partial charge in [-0.1, -0.05) is 42.5 Å². The van der Waals surface area contributed by atoms with E-state index in [1.165, 1.54) is 19.1 Å². The van der Waals surface area contributed by atoms with Gasteiger partial charge in [0.2, 0.25) is 5.91 Å². The van der Waals surface area contributed by atoms with Gasteiger partial charge in [-0.3, -0.25) is 4.79 Å². The molecule has 1 atom stereocenters. The van der Waals surface area contributed by atoms with E-state index in [2.05, 4.69) is 10.1 Å². The van der Waals surface area contributed by atoms with E-state index in [9.17, 15) is 14.7 Å². The number of methoxy groups -OCH3 is 1. The highest BCUT2D eigenvalue weighted by Crippen LogP contribution is 2.19. The molecule has 6 nitrogen and oxygen atoms in total. The number of hydrogen-bond acceptors (Lipinski definition) is 4. The maximum Gasteiger partial charge on any atom is 0.409 e. The third kappa shape index (κ3) is 5.89. The molecule has 0 saturated heterocycles. The van der Waals surface area contributed by atoms with Crippen LogP contribution >= 0.6 is 0 Å². The van der Waals surface area contributed by atoms with Gasteiger partial charge in [-0.25, -0.2) is 4.79 Å². The van der Waals surface area contributed by atoms with E-state index in [1.54, 1.807) is 12.1 Å². The van der Waals surface area contributed by atoms with Crippen LogP contribution in [0.2, 0.25) is 0 Å². The Balaban J connectivity index is 1.82. The second kappa shape index (κ2) is 9.58. The zero-order chi connectivity index (χ0) is 18.9. The van der Waals surface area contributed by atoms with E-state index in [-0.39, 0.29) is 12.5 Å². The minimum atomic E-state index is -0.563. The zero-order valence-corrected chi connectivity index (χ0v) is 15.0. The monoisotopic (exact) mass is 356 g/mol. The predicted octanol–water partition coefficient (Wildman–Crippen LogP) is 2.99. The summed E-state index contributed by atoms with van der Waals surface area (Å²) in [4.78, 5) is 24.4. The number of ether oxygens (including phenoxy) is 1. The number of nitrogens with zero attached hydrogens (tertiary/aromatic N) is 1. The van der Waals surface area contributed by atoms with Gasteiger partial charge in [-0.15, -0.1) is 0 Å². The summed E-state index contributed by atoms with van der Waals surface area (Å²) in [7, 11) is 2.76. The van der Waals surface area contributed by atoms with Crippen LogP contribution in [0, 0.1) is 0 Å². The van der Waals surface area contributed by atoms with Gasteiger partial charge in [0.1, 0.15) is 6.54 Å². The second-order valence-electron chi connectivity index (χ2n) is 6.04. The summed E-state index contributed by atoms with van der Waals surface area (Å²) in [6.45, 7) is -0.0856. The Morgan fingerprint density at radius 1 is 1.12 bits per heavy atom. The third-order valence-electron chi connectivity index (χ3n) is 4.00. The molecule has 1 unspecified atom stereocenters. The topological polar surface area (TPSA) is 78.9 Å². The Labute approximate surface area is 153 Å². The molecular formula is C20H24N2O4. The number of aliphatic hydroxyl groups excluding tert-OH is 1. The molecule has 0 saturated carbocycles. The molecule has 2 N–H and O–H groups in total. The number of likely N-dealkylation sites (N-methyl/N-ethyl adjacent to an activating group) is 1. The van der Waals surface area contributed by atoms with Crippen LogP contribution in [0.3, 0.4) is 0 Å². The molecular weight excluding hydrogens is 332 g/mol. The van der Waals surface area contributed by atoms with Crippen molar-refractivity contribution in [3.63, 3.8) is 0 Å². The summed E-state index contributed by atoms with van der Waals surface area (Å²) in [5.74, 6) is -0.301. The van der Waals surface area contributed by atoms with Crippen molar-refractivity contribution in [1.29, 1.82) is 0 Å². The number of hydrogen-bond donors (Lipinski definition) is 2. The van der Waals surface area contributed by atoms with Gasteiger partial charge in [0.25, 0.3) is 0 Å². The Morgan fingerprint density at radius 2 is 1.77 bits per heavy atom. The first kappa shape index (κ1) is 19.5. The number of aliphatic hydroxyl groups is 1. The van der Waals surface area contributed by atoms with Crippen molar-refractivity contribution >= 4 is 17.7 Å². The summed E-state index contributed by atoms with van der Waals surface area (Å²) in [5, 5.41) is 12.9. The standard InChI is InChI=1S/C20H24N2O4/c1-22(20(25)26-2)14-19(24)21-17-11-8-15(9-12-17)10-13-18(23)16-6-4-3-5-7-16/h3-9,11-12,18,23H,10,13-14H2,1-2H3,(H,21,24). The highest BCUT2D eigenvalue weighted by Gasteiger charge is 2.13. The van der Waals surface area contributed by atoms with Crippen LogP contribution in [0.4, 0.5) is 10.5 Å². The SMILES string of the molecule is COC(=O)N(C)CC(=O)Nc1ccc(CCC(O)c2ccccc2)cc1. The molecule has 0 radical (unpaired) electrons. The summed E-state index contributed by atoms with van der Waals surface area (Å²) in [5.41, 5.74) is 2.64. The van der Waals surface area contributed by atoms with Gasteiger partial charge in [0, 0.05) is 12.7 Å². The Kier molecular flexibility index (Phi) is 7.17. The van der Waals surface area contributed by atoms with Crippen molar-refractivity contribution in [1.82, 2.24) is 4.90 Å². The molecule has 6 heteroatoms. The molecule has 0 spiro atoms. The number of nitrogens with one attached hydrogen (secondary N) is 1. The number of carbonyl (C=O) groups is 2. The van der Waals surface area contributed by atoms with E-state index in [4.69, 9.17) is 0 Å². The molecule has 0 heterocycles. The van der Waals surface area contributed by atoms with Crippen LogP contribution in [-0.4, -0.2) is 42.7 Å². The van der Waals surface area contributed by atoms with E-state index >= 15 is 0 Å². The number of carbonyl (C=O) groups excluding carboxylic acids is 2. The largest absolute Gasteiger partial charge is 0.453 e. The van der Waals surface area contributed by atoms with E-state index in [0.29, 0.717) is 12.1 Å². The van der Waals surface area contributed by atoms with Crippen LogP contribution in [0.25, 0.3) is 0 Å². The van der Waals surface area contributed by atoms with Crippen LogP contribution in [0.5, 0.6) is 0 Å². The van der Waals surface area contributed by atoms with Crippen molar-refractivity contribution in [2.24, 2.45) is 0 Å². The number of rotatable bonds is 7. The fourth-order valence-corrected chi connectivity index (χ4v) is 2.54. The summed E-state index contributed by atoms with van der Waals surface area (Å²) >= 11 is 0. The predicted molar refractivity (Wildman–Crippen MR) is 99.8 cm³/mol. The van der Waals surface area contributed by atoms with Gasteiger partial charge < -0.3 is 20.1 Å². The van der Waals surface area contributed by atoms with Gasteiger partial charge in [0.05, 0.1) is 13.2 Å². The number of amides is 2. The lowest BCUT2D eigenvalue weighted by atomic mass is 10.0. The van der Waals surface area contributed by atoms with Crippen LogP contribution in [0.1, 0.15) is 23.7 Å². The second-order valence-corrected chi connectivity index (χ2v) is 6.04. The summed E-state index contributed by atoms with van der Waals surface area (Å²) in [6.07, 6.45) is 0.298. The van der Waals surface area contributed by atoms with E-state index < -0.39 is 12.2 Å². The lowest BCUT2D eigenvalue weighted by Gasteiger charge is -2.15. The molecule has 2 rings (SSSR count). The average molecular weight is 356 g/mol. The van der Waals surface area contributed by atoms with E-state index in [0.717, 1.165) is 17.5 Å². The number of benzene rings is 2. The maximum atomic E-state index is 11.9. The molecule has 0 fully saturated rings. The van der Waals surface area contributed by atoms with Crippen molar-refractivity contribution in [2.45, 2.75) is 18.9 Å². The molecule has 2 amide bonds. The lowest BCUT2D eigenvalue weighted by Crippen LogP contribution is -2.34.